The van der Waals surface area contributed by atoms with Crippen LogP contribution in [-0.2, 0) is 10.0 Å². The highest BCUT2D eigenvalue weighted by atomic mass is 32.2. The Bertz CT molecular complexity index is 614. The minimum absolute atomic E-state index is 0.0620. The Morgan fingerprint density at radius 3 is 2.53 bits per heavy atom. The quantitative estimate of drug-likeness (QED) is 0.627. The Morgan fingerprint density at radius 2 is 2.05 bits per heavy atom. The molecule has 2 atom stereocenters. The van der Waals surface area contributed by atoms with Crippen molar-refractivity contribution in [3.05, 3.63) is 28.3 Å². The first-order valence-corrected chi connectivity index (χ1v) is 7.32. The van der Waals surface area contributed by atoms with Crippen LogP contribution in [0, 0.1) is 16.0 Å². The number of nitro groups is 1. The number of hydrogen-bond acceptors (Lipinski definition) is 5. The Morgan fingerprint density at radius 1 is 1.42 bits per heavy atom. The molecule has 1 fully saturated rings. The summed E-state index contributed by atoms with van der Waals surface area (Å²) in [7, 11) is -2.15. The van der Waals surface area contributed by atoms with E-state index < -0.39 is 14.9 Å². The topological polar surface area (TPSA) is 101 Å². The molecule has 8 heteroatoms. The lowest BCUT2D eigenvalue weighted by molar-refractivity contribution is -0.384. The number of rotatable bonds is 5. The van der Waals surface area contributed by atoms with Crippen LogP contribution in [0.3, 0.4) is 0 Å². The Kier molecular flexibility index (Phi) is 3.46. The fourth-order valence-electron chi connectivity index (χ4n) is 1.79. The van der Waals surface area contributed by atoms with Gasteiger partial charge in [0.25, 0.3) is 5.69 Å². The molecule has 0 radical (unpaired) electrons. The van der Waals surface area contributed by atoms with E-state index >= 15 is 0 Å². The van der Waals surface area contributed by atoms with Gasteiger partial charge >= 0.3 is 0 Å². The van der Waals surface area contributed by atoms with Crippen LogP contribution in [0.5, 0.6) is 0 Å². The van der Waals surface area contributed by atoms with Gasteiger partial charge in [-0.2, -0.15) is 0 Å². The third-order valence-electron chi connectivity index (χ3n) is 3.16. The van der Waals surface area contributed by atoms with Crippen LogP contribution < -0.4 is 10.0 Å². The second-order valence-corrected chi connectivity index (χ2v) is 6.34. The number of benzene rings is 1. The monoisotopic (exact) mass is 285 g/mol. The molecule has 1 aromatic carbocycles. The van der Waals surface area contributed by atoms with Gasteiger partial charge in [-0.05, 0) is 24.5 Å². The van der Waals surface area contributed by atoms with Gasteiger partial charge in [0, 0.05) is 19.2 Å². The van der Waals surface area contributed by atoms with Crippen LogP contribution >= 0.6 is 0 Å². The highest BCUT2D eigenvalue weighted by molar-refractivity contribution is 7.89. The van der Waals surface area contributed by atoms with Crippen LogP contribution in [0.25, 0.3) is 0 Å². The van der Waals surface area contributed by atoms with Gasteiger partial charge in [-0.25, -0.2) is 13.1 Å². The maximum Gasteiger partial charge on any atom is 0.293 e. The minimum Gasteiger partial charge on any atom is -0.383 e. The van der Waals surface area contributed by atoms with Crippen molar-refractivity contribution in [3.8, 4) is 0 Å². The Hall–Kier alpha value is -1.67. The van der Waals surface area contributed by atoms with E-state index in [1.165, 1.54) is 12.1 Å². The van der Waals surface area contributed by atoms with Gasteiger partial charge in [0.1, 0.15) is 5.69 Å². The molecular formula is C11H15N3O4S. The summed E-state index contributed by atoms with van der Waals surface area (Å²) < 4.78 is 26.6. The van der Waals surface area contributed by atoms with Gasteiger partial charge in [0.2, 0.25) is 10.0 Å². The number of anilines is 1. The first-order chi connectivity index (χ1) is 8.85. The lowest BCUT2D eigenvalue weighted by atomic mass is 10.3. The average Bonchev–Trinajstić information content (AvgIpc) is 3.02. The summed E-state index contributed by atoms with van der Waals surface area (Å²) in [6.07, 6.45) is 0.802. The molecule has 0 bridgehead atoms. The van der Waals surface area contributed by atoms with E-state index in [0.717, 1.165) is 12.5 Å². The molecule has 2 N–H and O–H groups in total. The molecule has 0 aliphatic heterocycles. The number of hydrogen-bond donors (Lipinski definition) is 2. The van der Waals surface area contributed by atoms with Gasteiger partial charge in [-0.3, -0.25) is 10.1 Å². The van der Waals surface area contributed by atoms with E-state index in [0.29, 0.717) is 5.92 Å². The first kappa shape index (κ1) is 13.8. The van der Waals surface area contributed by atoms with Gasteiger partial charge in [0.15, 0.2) is 0 Å². The zero-order valence-corrected chi connectivity index (χ0v) is 11.4. The number of sulfonamides is 1. The SMILES string of the molecule is CNc1ccc(S(=O)(=O)NC2CC2C)cc1[N+](=O)[O-]. The number of nitrogens with zero attached hydrogens (tertiary/aromatic N) is 1. The van der Waals surface area contributed by atoms with E-state index in [-0.39, 0.29) is 22.3 Å². The first-order valence-electron chi connectivity index (χ1n) is 5.83. The summed E-state index contributed by atoms with van der Waals surface area (Å²) >= 11 is 0. The lowest BCUT2D eigenvalue weighted by Gasteiger charge is -2.07. The molecule has 1 aromatic rings. The largest absolute Gasteiger partial charge is 0.383 e. The molecule has 7 nitrogen and oxygen atoms in total. The average molecular weight is 285 g/mol. The maximum absolute atomic E-state index is 12.0. The van der Waals surface area contributed by atoms with Crippen LogP contribution in [0.4, 0.5) is 11.4 Å². The molecule has 0 heterocycles. The Balaban J connectivity index is 2.34. The molecule has 2 unspecified atom stereocenters. The van der Waals surface area contributed by atoms with Crippen LogP contribution in [0.1, 0.15) is 13.3 Å². The summed E-state index contributed by atoms with van der Waals surface area (Å²) in [6.45, 7) is 1.94. The minimum atomic E-state index is -3.69. The molecule has 1 aliphatic carbocycles. The van der Waals surface area contributed by atoms with Gasteiger partial charge in [0.05, 0.1) is 9.82 Å². The molecule has 104 valence electrons. The van der Waals surface area contributed by atoms with Crippen LogP contribution in [0.2, 0.25) is 0 Å². The van der Waals surface area contributed by atoms with Crippen molar-refractivity contribution in [1.29, 1.82) is 0 Å². The summed E-state index contributed by atoms with van der Waals surface area (Å²) in [6, 6.07) is 3.76. The predicted molar refractivity (Wildman–Crippen MR) is 70.5 cm³/mol. The predicted octanol–water partition coefficient (Wildman–Crippen LogP) is 1.32. The Labute approximate surface area is 111 Å². The van der Waals surface area contributed by atoms with E-state index in [9.17, 15) is 18.5 Å². The second kappa shape index (κ2) is 4.78. The van der Waals surface area contributed by atoms with Crippen molar-refractivity contribution in [1.82, 2.24) is 4.72 Å². The summed E-state index contributed by atoms with van der Waals surface area (Å²) in [5, 5.41) is 13.6. The molecule has 2 rings (SSSR count). The van der Waals surface area contributed by atoms with Crippen LogP contribution in [0.15, 0.2) is 23.1 Å². The molecule has 0 spiro atoms. The molecule has 1 aliphatic rings. The summed E-state index contributed by atoms with van der Waals surface area (Å²) in [5.41, 5.74) is 0.0259. The molecule has 1 saturated carbocycles. The summed E-state index contributed by atoms with van der Waals surface area (Å²) in [5.74, 6) is 0.321. The summed E-state index contributed by atoms with van der Waals surface area (Å²) in [4.78, 5) is 10.2. The van der Waals surface area contributed by atoms with Gasteiger partial charge < -0.3 is 5.32 Å². The molecule has 0 aromatic heterocycles. The zero-order valence-electron chi connectivity index (χ0n) is 10.6. The fraction of sp³-hybridized carbons (Fsp3) is 0.455. The maximum atomic E-state index is 12.0. The normalized spacial score (nSPS) is 22.0. The number of nitro benzene ring substituents is 1. The van der Waals surface area contributed by atoms with Crippen molar-refractivity contribution in [2.75, 3.05) is 12.4 Å². The van der Waals surface area contributed by atoms with E-state index in [1.807, 2.05) is 6.92 Å². The molecule has 0 amide bonds. The second-order valence-electron chi connectivity index (χ2n) is 4.63. The smallest absolute Gasteiger partial charge is 0.293 e. The third-order valence-corrected chi connectivity index (χ3v) is 4.65. The van der Waals surface area contributed by atoms with E-state index in [2.05, 4.69) is 10.0 Å². The fourth-order valence-corrected chi connectivity index (χ4v) is 3.17. The van der Waals surface area contributed by atoms with Crippen molar-refractivity contribution >= 4 is 21.4 Å². The number of nitrogens with one attached hydrogen (secondary N) is 2. The molecule has 19 heavy (non-hydrogen) atoms. The highest BCUT2D eigenvalue weighted by Crippen LogP contribution is 2.32. The van der Waals surface area contributed by atoms with Crippen molar-refractivity contribution in [2.24, 2.45) is 5.92 Å². The highest BCUT2D eigenvalue weighted by Gasteiger charge is 2.36. The lowest BCUT2D eigenvalue weighted by Crippen LogP contribution is -2.26. The van der Waals surface area contributed by atoms with E-state index in [4.69, 9.17) is 0 Å². The molecular weight excluding hydrogens is 270 g/mol. The van der Waals surface area contributed by atoms with Gasteiger partial charge in [-0.1, -0.05) is 6.92 Å². The van der Waals surface area contributed by atoms with Crippen LogP contribution in [-0.4, -0.2) is 26.4 Å². The standard InChI is InChI=1S/C11H15N3O4S/c1-7-5-10(7)13-19(17,18)8-3-4-9(12-2)11(6-8)14(15)16/h3-4,6-7,10,12-13H,5H2,1-2H3. The zero-order chi connectivity index (χ0) is 14.2. The third kappa shape index (κ3) is 2.85. The van der Waals surface area contributed by atoms with Crippen molar-refractivity contribution in [3.63, 3.8) is 0 Å². The molecule has 0 saturated heterocycles. The van der Waals surface area contributed by atoms with Crippen molar-refractivity contribution < 1.29 is 13.3 Å². The van der Waals surface area contributed by atoms with Gasteiger partial charge in [-0.15, -0.1) is 0 Å². The van der Waals surface area contributed by atoms with E-state index in [1.54, 1.807) is 7.05 Å². The van der Waals surface area contributed by atoms with Crippen molar-refractivity contribution in [2.45, 2.75) is 24.3 Å².